The number of nitro groups is 1. The molecule has 0 saturated carbocycles. The Morgan fingerprint density at radius 1 is 0.968 bits per heavy atom. The minimum Gasteiger partial charge on any atom is -0.348 e. The predicted molar refractivity (Wildman–Crippen MR) is 111 cm³/mol. The molecule has 0 atom stereocenters. The quantitative estimate of drug-likeness (QED) is 0.246. The van der Waals surface area contributed by atoms with E-state index in [4.69, 9.17) is 0 Å². The maximum absolute atomic E-state index is 12.9. The molecule has 0 aliphatic heterocycles. The molecular weight excluding hydrogens is 409 g/mol. The average Bonchev–Trinajstić information content (AvgIpc) is 2.76. The highest BCUT2D eigenvalue weighted by molar-refractivity contribution is 6.24. The second-order valence-corrected chi connectivity index (χ2v) is 6.66. The summed E-state index contributed by atoms with van der Waals surface area (Å²) in [5, 5.41) is 13.7. The third-order valence-electron chi connectivity index (χ3n) is 4.43. The fourth-order valence-electron chi connectivity index (χ4n) is 2.93. The van der Waals surface area contributed by atoms with Crippen molar-refractivity contribution in [2.75, 3.05) is 0 Å². The first-order valence-corrected chi connectivity index (χ1v) is 9.20. The van der Waals surface area contributed by atoms with Crippen LogP contribution in [0, 0.1) is 10.1 Å². The molecule has 0 bridgehead atoms. The van der Waals surface area contributed by atoms with Crippen molar-refractivity contribution in [3.8, 4) is 0 Å². The van der Waals surface area contributed by atoms with Crippen LogP contribution in [0.4, 0.5) is 18.9 Å². The zero-order chi connectivity index (χ0) is 22.4. The fraction of sp³-hybridized carbons (Fsp3) is 0.0870. The molecule has 0 unspecified atom stereocenters. The largest absolute Gasteiger partial charge is 0.416 e. The molecule has 0 fully saturated rings. The summed E-state index contributed by atoms with van der Waals surface area (Å²) in [6.07, 6.45) is -2.97. The molecule has 1 N–H and O–H groups in total. The van der Waals surface area contributed by atoms with E-state index in [0.717, 1.165) is 12.1 Å². The molecule has 8 heteroatoms. The third-order valence-corrected chi connectivity index (χ3v) is 4.43. The number of carbonyl (C=O) groups is 1. The second-order valence-electron chi connectivity index (χ2n) is 6.66. The summed E-state index contributed by atoms with van der Waals surface area (Å²) >= 11 is 0. The van der Waals surface area contributed by atoms with E-state index in [0.29, 0.717) is 16.7 Å². The van der Waals surface area contributed by atoms with Crippen LogP contribution in [0.15, 0.2) is 78.9 Å². The van der Waals surface area contributed by atoms with E-state index in [9.17, 15) is 28.1 Å². The second kappa shape index (κ2) is 9.25. The van der Waals surface area contributed by atoms with E-state index in [1.807, 2.05) is 0 Å². The van der Waals surface area contributed by atoms with E-state index in [-0.39, 0.29) is 17.8 Å². The van der Waals surface area contributed by atoms with Gasteiger partial charge in [0.2, 0.25) is 0 Å². The molecule has 0 aromatic heterocycles. The van der Waals surface area contributed by atoms with Crippen LogP contribution in [-0.4, -0.2) is 10.8 Å². The fourth-order valence-corrected chi connectivity index (χ4v) is 2.93. The Labute approximate surface area is 176 Å². The van der Waals surface area contributed by atoms with Gasteiger partial charge in [0.25, 0.3) is 11.6 Å². The lowest BCUT2D eigenvalue weighted by Gasteiger charge is -2.12. The van der Waals surface area contributed by atoms with E-state index in [2.05, 4.69) is 5.32 Å². The minimum absolute atomic E-state index is 0.109. The van der Waals surface area contributed by atoms with Gasteiger partial charge < -0.3 is 5.32 Å². The number of nitrogens with zero attached hydrogens (tertiary/aromatic N) is 1. The van der Waals surface area contributed by atoms with E-state index in [1.54, 1.807) is 36.4 Å². The molecule has 0 saturated heterocycles. The van der Waals surface area contributed by atoms with Gasteiger partial charge in [-0.15, -0.1) is 0 Å². The maximum Gasteiger partial charge on any atom is 0.416 e. The number of benzene rings is 3. The predicted octanol–water partition coefficient (Wildman–Crippen LogP) is 5.47. The Balaban J connectivity index is 1.88. The Bertz CT molecular complexity index is 1130. The summed E-state index contributed by atoms with van der Waals surface area (Å²) in [6.45, 7) is -0.109. The average molecular weight is 426 g/mol. The molecule has 0 heterocycles. The van der Waals surface area contributed by atoms with Gasteiger partial charge in [-0.1, -0.05) is 54.6 Å². The summed E-state index contributed by atoms with van der Waals surface area (Å²) in [5.41, 5.74) is 0.622. The van der Waals surface area contributed by atoms with Crippen LogP contribution in [0.1, 0.15) is 22.3 Å². The summed E-state index contributed by atoms with van der Waals surface area (Å²) in [6, 6.07) is 19.2. The van der Waals surface area contributed by atoms with Gasteiger partial charge in [0.15, 0.2) is 0 Å². The van der Waals surface area contributed by atoms with Crippen LogP contribution in [0.2, 0.25) is 0 Å². The molecular formula is C23H17F3N2O3. The van der Waals surface area contributed by atoms with Crippen molar-refractivity contribution in [2.24, 2.45) is 0 Å². The summed E-state index contributed by atoms with van der Waals surface area (Å²) < 4.78 is 38.7. The van der Waals surface area contributed by atoms with Crippen LogP contribution in [0.25, 0.3) is 11.6 Å². The van der Waals surface area contributed by atoms with Crippen molar-refractivity contribution >= 4 is 23.2 Å². The van der Waals surface area contributed by atoms with Crippen LogP contribution in [-0.2, 0) is 17.5 Å². The first-order valence-electron chi connectivity index (χ1n) is 9.20. The Hall–Kier alpha value is -3.94. The number of carbonyl (C=O) groups excluding carboxylic acids is 1. The van der Waals surface area contributed by atoms with Gasteiger partial charge >= 0.3 is 6.18 Å². The zero-order valence-corrected chi connectivity index (χ0v) is 16.1. The van der Waals surface area contributed by atoms with Gasteiger partial charge in [0, 0.05) is 24.3 Å². The molecule has 158 valence electrons. The summed E-state index contributed by atoms with van der Waals surface area (Å²) in [5.74, 6) is -0.518. The normalized spacial score (nSPS) is 11.8. The molecule has 0 spiro atoms. The van der Waals surface area contributed by atoms with Crippen molar-refractivity contribution in [3.05, 3.63) is 111 Å². The van der Waals surface area contributed by atoms with Crippen LogP contribution in [0.5, 0.6) is 0 Å². The van der Waals surface area contributed by atoms with Gasteiger partial charge in [0.1, 0.15) is 0 Å². The number of alkyl halides is 3. The van der Waals surface area contributed by atoms with Crippen LogP contribution < -0.4 is 5.32 Å². The molecule has 3 aromatic carbocycles. The van der Waals surface area contributed by atoms with E-state index >= 15 is 0 Å². The molecule has 0 aliphatic carbocycles. The number of nitrogens with one attached hydrogen (secondary N) is 1. The SMILES string of the molecule is O=C(NCc1cccc(C(F)(F)F)c1)/C(=C/c1cccc([N+](=O)[O-])c1)c1ccccc1. The first kappa shape index (κ1) is 21.8. The number of hydrogen-bond acceptors (Lipinski definition) is 3. The van der Waals surface area contributed by atoms with E-state index < -0.39 is 22.6 Å². The highest BCUT2D eigenvalue weighted by atomic mass is 19.4. The highest BCUT2D eigenvalue weighted by Gasteiger charge is 2.30. The minimum atomic E-state index is -4.48. The lowest BCUT2D eigenvalue weighted by molar-refractivity contribution is -0.384. The molecule has 5 nitrogen and oxygen atoms in total. The van der Waals surface area contributed by atoms with Gasteiger partial charge in [-0.05, 0) is 34.9 Å². The molecule has 3 aromatic rings. The highest BCUT2D eigenvalue weighted by Crippen LogP contribution is 2.29. The van der Waals surface area contributed by atoms with Crippen molar-refractivity contribution in [1.29, 1.82) is 0 Å². The Morgan fingerprint density at radius 3 is 2.35 bits per heavy atom. The number of non-ortho nitro benzene ring substituents is 1. The molecule has 31 heavy (non-hydrogen) atoms. The Morgan fingerprint density at radius 2 is 1.68 bits per heavy atom. The van der Waals surface area contributed by atoms with Crippen LogP contribution in [0.3, 0.4) is 0 Å². The van der Waals surface area contributed by atoms with Crippen LogP contribution >= 0.6 is 0 Å². The molecule has 1 amide bonds. The maximum atomic E-state index is 12.9. The smallest absolute Gasteiger partial charge is 0.348 e. The summed E-state index contributed by atoms with van der Waals surface area (Å²) in [4.78, 5) is 23.4. The topological polar surface area (TPSA) is 72.2 Å². The third kappa shape index (κ3) is 5.79. The van der Waals surface area contributed by atoms with Gasteiger partial charge in [0.05, 0.1) is 10.5 Å². The number of rotatable bonds is 6. The monoisotopic (exact) mass is 426 g/mol. The van der Waals surface area contributed by atoms with Gasteiger partial charge in [-0.25, -0.2) is 0 Å². The zero-order valence-electron chi connectivity index (χ0n) is 16.1. The Kier molecular flexibility index (Phi) is 6.49. The summed E-state index contributed by atoms with van der Waals surface area (Å²) in [7, 11) is 0. The van der Waals surface area contributed by atoms with Crippen molar-refractivity contribution in [2.45, 2.75) is 12.7 Å². The van der Waals surface area contributed by atoms with Crippen molar-refractivity contribution in [1.82, 2.24) is 5.32 Å². The number of nitro benzene ring substituents is 1. The first-order chi connectivity index (χ1) is 14.7. The van der Waals surface area contributed by atoms with Crippen molar-refractivity contribution < 1.29 is 22.9 Å². The number of amides is 1. The number of hydrogen-bond donors (Lipinski definition) is 1. The van der Waals surface area contributed by atoms with Gasteiger partial charge in [-0.3, -0.25) is 14.9 Å². The van der Waals surface area contributed by atoms with Crippen molar-refractivity contribution in [3.63, 3.8) is 0 Å². The molecule has 0 radical (unpaired) electrons. The standard InChI is InChI=1S/C23H17F3N2O3/c24-23(25,26)19-10-4-7-17(12-19)15-27-22(29)21(18-8-2-1-3-9-18)14-16-6-5-11-20(13-16)28(30)31/h1-14H,15H2,(H,27,29)/b21-14+. The molecule has 3 rings (SSSR count). The lowest BCUT2D eigenvalue weighted by atomic mass is 10.0. The molecule has 0 aliphatic rings. The lowest BCUT2D eigenvalue weighted by Crippen LogP contribution is -2.24. The number of halogens is 3. The van der Waals surface area contributed by atoms with Gasteiger partial charge in [-0.2, -0.15) is 13.2 Å². The van der Waals surface area contributed by atoms with E-state index in [1.165, 1.54) is 36.4 Å².